The minimum Gasteiger partial charge on any atom is -0.369 e. The molecule has 32 heavy (non-hydrogen) atoms. The quantitative estimate of drug-likeness (QED) is 0.466. The van der Waals surface area contributed by atoms with Gasteiger partial charge in [0.1, 0.15) is 0 Å². The van der Waals surface area contributed by atoms with Crippen molar-refractivity contribution < 1.29 is 14.3 Å². The van der Waals surface area contributed by atoms with E-state index in [1.807, 2.05) is 51.8 Å². The number of aryl methyl sites for hydroxylation is 2. The third-order valence-electron chi connectivity index (χ3n) is 5.65. The van der Waals surface area contributed by atoms with Gasteiger partial charge in [-0.25, -0.2) is 0 Å². The zero-order valence-electron chi connectivity index (χ0n) is 21.6. The van der Waals surface area contributed by atoms with Gasteiger partial charge in [-0.15, -0.1) is 0 Å². The van der Waals surface area contributed by atoms with Crippen molar-refractivity contribution in [1.29, 1.82) is 0 Å². The molecule has 0 aliphatic carbocycles. The van der Waals surface area contributed by atoms with Gasteiger partial charge < -0.3 is 15.4 Å². The summed E-state index contributed by atoms with van der Waals surface area (Å²) in [6.45, 7) is 17.9. The van der Waals surface area contributed by atoms with Gasteiger partial charge in [-0.2, -0.15) is 0 Å². The molecule has 0 radical (unpaired) electrons. The maximum atomic E-state index is 12.8. The lowest BCUT2D eigenvalue weighted by atomic mass is 9.82. The maximum absolute atomic E-state index is 12.8. The van der Waals surface area contributed by atoms with Gasteiger partial charge in [0.15, 0.2) is 0 Å². The Morgan fingerprint density at radius 1 is 1.06 bits per heavy atom. The van der Waals surface area contributed by atoms with E-state index >= 15 is 0 Å². The van der Waals surface area contributed by atoms with E-state index in [-0.39, 0.29) is 17.2 Å². The first-order valence-corrected chi connectivity index (χ1v) is 11.7. The zero-order valence-corrected chi connectivity index (χ0v) is 21.6. The molecule has 1 rings (SSSR count). The van der Waals surface area contributed by atoms with Gasteiger partial charge in [0.2, 0.25) is 11.8 Å². The van der Waals surface area contributed by atoms with Crippen molar-refractivity contribution >= 4 is 11.8 Å². The van der Waals surface area contributed by atoms with Gasteiger partial charge >= 0.3 is 0 Å². The molecule has 0 saturated heterocycles. The fourth-order valence-electron chi connectivity index (χ4n) is 3.48. The molecule has 0 fully saturated rings. The van der Waals surface area contributed by atoms with Gasteiger partial charge in [-0.1, -0.05) is 44.5 Å². The van der Waals surface area contributed by atoms with Crippen molar-refractivity contribution in [3.8, 4) is 0 Å². The normalized spacial score (nSPS) is 12.3. The second-order valence-corrected chi connectivity index (χ2v) is 10.6. The predicted molar refractivity (Wildman–Crippen MR) is 131 cm³/mol. The summed E-state index contributed by atoms with van der Waals surface area (Å²) in [5, 5.41) is 0. The first kappa shape index (κ1) is 28.1. The summed E-state index contributed by atoms with van der Waals surface area (Å²) in [5.41, 5.74) is 8.05. The number of nitrogens with two attached hydrogens (primary N) is 1. The highest BCUT2D eigenvalue weighted by molar-refractivity contribution is 5.85. The van der Waals surface area contributed by atoms with E-state index in [1.165, 1.54) is 0 Å². The topological polar surface area (TPSA) is 75.9 Å². The molecule has 0 aromatic heterocycles. The van der Waals surface area contributed by atoms with Crippen LogP contribution >= 0.6 is 0 Å². The Labute approximate surface area is 195 Å². The van der Waals surface area contributed by atoms with Crippen LogP contribution < -0.4 is 5.73 Å². The van der Waals surface area contributed by atoms with Crippen molar-refractivity contribution in [2.45, 2.75) is 73.1 Å². The van der Waals surface area contributed by atoms with Crippen molar-refractivity contribution in [3.05, 3.63) is 34.9 Å². The molecular formula is C26H45N3O3. The Morgan fingerprint density at radius 2 is 1.72 bits per heavy atom. The van der Waals surface area contributed by atoms with Gasteiger partial charge in [-0.05, 0) is 64.1 Å². The standard InChI is InChI=1S/C26H45N3O3/c1-9-29(14-10-13-28(8)19-32-18-25(3,4)5)23(30)12-11-21-15-20(2)16-22(17-21)26(6,7)24(27)31/h15-17H,9-14,18-19H2,1-8H3,(H2,27,31). The molecule has 182 valence electrons. The maximum Gasteiger partial charge on any atom is 0.227 e. The predicted octanol–water partition coefficient (Wildman–Crippen LogP) is 3.88. The van der Waals surface area contributed by atoms with Gasteiger partial charge in [0.05, 0.1) is 18.8 Å². The number of carbonyl (C=O) groups excluding carboxylic acids is 2. The molecular weight excluding hydrogens is 402 g/mol. The van der Waals surface area contributed by atoms with Gasteiger partial charge in [0, 0.05) is 26.1 Å². The third-order valence-corrected chi connectivity index (χ3v) is 5.65. The first-order chi connectivity index (χ1) is 14.8. The summed E-state index contributed by atoms with van der Waals surface area (Å²) in [7, 11) is 2.05. The van der Waals surface area contributed by atoms with E-state index in [0.717, 1.165) is 42.8 Å². The highest BCUT2D eigenvalue weighted by Gasteiger charge is 2.27. The minimum absolute atomic E-state index is 0.163. The number of amides is 2. The van der Waals surface area contributed by atoms with Crippen molar-refractivity contribution in [2.75, 3.05) is 40.0 Å². The second-order valence-electron chi connectivity index (χ2n) is 10.6. The van der Waals surface area contributed by atoms with E-state index < -0.39 is 5.41 Å². The molecule has 6 nitrogen and oxygen atoms in total. The molecule has 0 spiro atoms. The van der Waals surface area contributed by atoms with Crippen molar-refractivity contribution in [2.24, 2.45) is 11.1 Å². The number of hydrogen-bond donors (Lipinski definition) is 1. The second kappa shape index (κ2) is 12.4. The lowest BCUT2D eigenvalue weighted by Crippen LogP contribution is -2.35. The van der Waals surface area contributed by atoms with Crippen molar-refractivity contribution in [3.63, 3.8) is 0 Å². The van der Waals surface area contributed by atoms with Crippen LogP contribution in [0, 0.1) is 12.3 Å². The fourth-order valence-corrected chi connectivity index (χ4v) is 3.48. The molecule has 1 aromatic carbocycles. The summed E-state index contributed by atoms with van der Waals surface area (Å²) >= 11 is 0. The van der Waals surface area contributed by atoms with Crippen LogP contribution in [0.15, 0.2) is 18.2 Å². The number of ether oxygens (including phenoxy) is 1. The number of nitrogens with zero attached hydrogens (tertiary/aromatic N) is 2. The molecule has 0 saturated carbocycles. The van der Waals surface area contributed by atoms with Crippen LogP contribution in [0.25, 0.3) is 0 Å². The Balaban J connectivity index is 2.55. The molecule has 0 aliphatic heterocycles. The monoisotopic (exact) mass is 447 g/mol. The lowest BCUT2D eigenvalue weighted by Gasteiger charge is -2.25. The first-order valence-electron chi connectivity index (χ1n) is 11.7. The average molecular weight is 448 g/mol. The largest absolute Gasteiger partial charge is 0.369 e. The number of carbonyl (C=O) groups is 2. The summed E-state index contributed by atoms with van der Waals surface area (Å²) in [4.78, 5) is 28.7. The number of rotatable bonds is 13. The molecule has 6 heteroatoms. The highest BCUT2D eigenvalue weighted by atomic mass is 16.5. The molecule has 0 heterocycles. The Kier molecular flexibility index (Phi) is 10.9. The molecule has 2 amide bonds. The summed E-state index contributed by atoms with van der Waals surface area (Å²) in [5.74, 6) is -0.188. The zero-order chi connectivity index (χ0) is 24.5. The van der Waals surface area contributed by atoms with Crippen LogP contribution in [0.2, 0.25) is 0 Å². The summed E-state index contributed by atoms with van der Waals surface area (Å²) in [6.07, 6.45) is 2.02. The minimum atomic E-state index is -0.733. The number of primary amides is 1. The molecule has 0 bridgehead atoms. The smallest absolute Gasteiger partial charge is 0.227 e. The van der Waals surface area contributed by atoms with E-state index in [2.05, 4.69) is 31.7 Å². The molecule has 1 aromatic rings. The fraction of sp³-hybridized carbons (Fsp3) is 0.692. The van der Waals surface area contributed by atoms with Crippen LogP contribution in [0.4, 0.5) is 0 Å². The van der Waals surface area contributed by atoms with E-state index in [0.29, 0.717) is 26.1 Å². The Morgan fingerprint density at radius 3 is 2.28 bits per heavy atom. The van der Waals surface area contributed by atoms with Crippen LogP contribution in [0.5, 0.6) is 0 Å². The van der Waals surface area contributed by atoms with Crippen molar-refractivity contribution in [1.82, 2.24) is 9.80 Å². The number of benzene rings is 1. The van der Waals surface area contributed by atoms with E-state index in [9.17, 15) is 9.59 Å². The van der Waals surface area contributed by atoms with Crippen LogP contribution in [-0.4, -0.2) is 61.6 Å². The lowest BCUT2D eigenvalue weighted by molar-refractivity contribution is -0.131. The summed E-state index contributed by atoms with van der Waals surface area (Å²) in [6, 6.07) is 6.08. The van der Waals surface area contributed by atoms with E-state index in [4.69, 9.17) is 10.5 Å². The molecule has 2 N–H and O–H groups in total. The number of hydrogen-bond acceptors (Lipinski definition) is 4. The Bertz CT molecular complexity index is 753. The summed E-state index contributed by atoms with van der Waals surface area (Å²) < 4.78 is 5.75. The van der Waals surface area contributed by atoms with Crippen LogP contribution in [0.3, 0.4) is 0 Å². The SMILES string of the molecule is CCN(CCCN(C)COCC(C)(C)C)C(=O)CCc1cc(C)cc(C(C)(C)C(N)=O)c1. The average Bonchev–Trinajstić information content (AvgIpc) is 2.68. The molecule has 0 aliphatic rings. The van der Waals surface area contributed by atoms with E-state index in [1.54, 1.807) is 0 Å². The van der Waals surface area contributed by atoms with Crippen LogP contribution in [0.1, 0.15) is 71.1 Å². The van der Waals surface area contributed by atoms with Gasteiger partial charge in [0.25, 0.3) is 0 Å². The third kappa shape index (κ3) is 9.70. The van der Waals surface area contributed by atoms with Gasteiger partial charge in [-0.3, -0.25) is 14.5 Å². The molecule has 0 atom stereocenters. The van der Waals surface area contributed by atoms with Crippen LogP contribution in [-0.2, 0) is 26.2 Å². The highest BCUT2D eigenvalue weighted by Crippen LogP contribution is 2.25. The molecule has 0 unspecified atom stereocenters. The Hall–Kier alpha value is -1.92.